The molecular weight excluding hydrogens is 448 g/mol. The van der Waals surface area contributed by atoms with Crippen molar-refractivity contribution >= 4 is 35.7 Å². The summed E-state index contributed by atoms with van der Waals surface area (Å²) in [5, 5.41) is 14.6. The minimum absolute atomic E-state index is 0.0193. The zero-order chi connectivity index (χ0) is 26.1. The highest BCUT2D eigenvalue weighted by Gasteiger charge is 2.28. The summed E-state index contributed by atoms with van der Waals surface area (Å²) in [4.78, 5) is 45.2. The number of carboxylic acid groups (broad SMARTS) is 1. The number of carboxylic acids is 1. The van der Waals surface area contributed by atoms with E-state index in [-0.39, 0.29) is 30.7 Å². The van der Waals surface area contributed by atoms with Crippen LogP contribution in [0.5, 0.6) is 0 Å². The average molecular weight is 491 g/mol. The smallest absolute Gasteiger partial charge is 0.338 e. The fourth-order valence-corrected chi connectivity index (χ4v) is 2.88. The van der Waals surface area contributed by atoms with E-state index in [4.69, 9.17) is 34.4 Å². The van der Waals surface area contributed by atoms with Gasteiger partial charge < -0.3 is 21.5 Å². The highest BCUT2D eigenvalue weighted by Crippen LogP contribution is 2.02. The van der Waals surface area contributed by atoms with Crippen molar-refractivity contribution in [2.45, 2.75) is 56.7 Å². The van der Waals surface area contributed by atoms with Crippen LogP contribution in [0.3, 0.4) is 0 Å². The van der Waals surface area contributed by atoms with Crippen LogP contribution in [0.2, 0.25) is 0 Å². The summed E-state index contributed by atoms with van der Waals surface area (Å²) in [6.07, 6.45) is 2.17. The molecule has 34 heavy (non-hydrogen) atoms. The van der Waals surface area contributed by atoms with Gasteiger partial charge in [-0.1, -0.05) is 0 Å². The molecule has 0 aromatic rings. The van der Waals surface area contributed by atoms with E-state index in [1.807, 2.05) is 0 Å². The van der Waals surface area contributed by atoms with Crippen molar-refractivity contribution in [1.82, 2.24) is 10.6 Å². The van der Waals surface area contributed by atoms with Crippen LogP contribution in [0, 0.1) is 0 Å². The topological polar surface area (TPSA) is 321 Å². The lowest BCUT2D eigenvalue weighted by atomic mass is 10.1. The first-order chi connectivity index (χ1) is 15.9. The summed E-state index contributed by atoms with van der Waals surface area (Å²) in [5.41, 5.74) is 35.8. The van der Waals surface area contributed by atoms with E-state index in [1.54, 1.807) is 0 Å². The van der Waals surface area contributed by atoms with Gasteiger partial charge in [0.15, 0.2) is 6.04 Å². The first-order valence-corrected chi connectivity index (χ1v) is 11.0. The molecule has 16 nitrogen and oxygen atoms in total. The maximum atomic E-state index is 12.8. The number of carbonyl (C=O) groups is 3. The Morgan fingerprint density at radius 1 is 0.676 bits per heavy atom. The number of amides is 2. The fourth-order valence-electron chi connectivity index (χ4n) is 2.88. The summed E-state index contributed by atoms with van der Waals surface area (Å²) >= 11 is 0. The van der Waals surface area contributed by atoms with Crippen LogP contribution in [0.15, 0.2) is 0 Å². The number of nitrogens with two attached hydrogens (primary N) is 6. The van der Waals surface area contributed by atoms with E-state index in [0.29, 0.717) is 45.3 Å². The van der Waals surface area contributed by atoms with Crippen molar-refractivity contribution in [2.24, 2.45) is 34.4 Å². The SMILES string of the molecule is NC(N)=[NH+]CCC[C@H](NC(=O)[C@H](CCC[NH+]=C(N)N)NC(=O)[C@@H]([NH3+])CCC[NH+]=C(N)N)C(=O)O. The lowest BCUT2D eigenvalue weighted by molar-refractivity contribution is -0.463. The molecule has 0 spiro atoms. The number of hydrogen-bond donors (Lipinski definition) is 13. The minimum atomic E-state index is -1.20. The molecule has 16 heteroatoms. The largest absolute Gasteiger partial charge is 0.480 e. The third-order valence-corrected chi connectivity index (χ3v) is 4.67. The third kappa shape index (κ3) is 15.1. The maximum Gasteiger partial charge on any atom is 0.338 e. The van der Waals surface area contributed by atoms with Crippen LogP contribution >= 0.6 is 0 Å². The summed E-state index contributed by atoms with van der Waals surface area (Å²) in [6, 6.07) is -2.77. The van der Waals surface area contributed by atoms with Gasteiger partial charge >= 0.3 is 23.8 Å². The van der Waals surface area contributed by atoms with Crippen molar-refractivity contribution in [2.75, 3.05) is 19.6 Å². The molecule has 0 aliphatic carbocycles. The molecule has 0 heterocycles. The number of carbonyl (C=O) groups excluding carboxylic acids is 2. The summed E-state index contributed by atoms with van der Waals surface area (Å²) in [6.45, 7) is 1.18. The lowest BCUT2D eigenvalue weighted by Crippen LogP contribution is -2.78. The zero-order valence-corrected chi connectivity index (χ0v) is 19.4. The average Bonchev–Trinajstić information content (AvgIpc) is 2.74. The van der Waals surface area contributed by atoms with Crippen molar-refractivity contribution in [3.05, 3.63) is 0 Å². The molecule has 0 aliphatic rings. The van der Waals surface area contributed by atoms with E-state index in [1.165, 1.54) is 0 Å². The molecular formula is C18H42N12O4+4. The van der Waals surface area contributed by atoms with E-state index in [2.05, 4.69) is 31.3 Å². The van der Waals surface area contributed by atoms with E-state index >= 15 is 0 Å². The van der Waals surface area contributed by atoms with Gasteiger partial charge in [-0.15, -0.1) is 0 Å². The van der Waals surface area contributed by atoms with Gasteiger partial charge in [-0.3, -0.25) is 59.0 Å². The molecule has 194 valence electrons. The molecule has 2 amide bonds. The summed E-state index contributed by atoms with van der Waals surface area (Å²) in [7, 11) is 0. The second-order valence-corrected chi connectivity index (χ2v) is 7.73. The standard InChI is InChI=1S/C18H38N12O4/c19-10(4-1-7-26-16(20)21)13(31)29-11(5-2-8-27-17(22)23)14(32)30-12(15(33)34)6-3-9-28-18(24)25/h10-12H,1-9,19H2,(H,29,31)(H,30,32)(H,33,34)(H4,20,21,26)(H4,22,23,27)(H4,24,25,28)/p+4/t10-,11-,12-/m0/s1. The van der Waals surface area contributed by atoms with Gasteiger partial charge in [0.2, 0.25) is 5.91 Å². The van der Waals surface area contributed by atoms with Crippen LogP contribution in [0.1, 0.15) is 38.5 Å². The molecule has 0 radical (unpaired) electrons. The Labute approximate surface area is 197 Å². The van der Waals surface area contributed by atoms with E-state index < -0.39 is 35.9 Å². The number of quaternary nitrogens is 1. The molecule has 3 atom stereocenters. The maximum absolute atomic E-state index is 12.8. The number of hydrogen-bond acceptors (Lipinski definition) is 3. The number of guanidine groups is 3. The highest BCUT2D eigenvalue weighted by molar-refractivity contribution is 5.91. The monoisotopic (exact) mass is 490 g/mol. The third-order valence-electron chi connectivity index (χ3n) is 4.67. The molecule has 0 unspecified atom stereocenters. The van der Waals surface area contributed by atoms with Crippen LogP contribution in [-0.2, 0) is 14.4 Å². The first-order valence-electron chi connectivity index (χ1n) is 11.0. The van der Waals surface area contributed by atoms with Crippen molar-refractivity contribution < 1.29 is 40.2 Å². The van der Waals surface area contributed by atoms with Crippen molar-refractivity contribution in [3.63, 3.8) is 0 Å². The van der Waals surface area contributed by atoms with Gasteiger partial charge in [0.05, 0.1) is 19.6 Å². The molecule has 0 bridgehead atoms. The second kappa shape index (κ2) is 16.8. The molecule has 21 N–H and O–H groups in total. The highest BCUT2D eigenvalue weighted by atomic mass is 16.4. The predicted octanol–water partition coefficient (Wildman–Crippen LogP) is -10.9. The zero-order valence-electron chi connectivity index (χ0n) is 19.4. The Hall–Kier alpha value is -3.82. The van der Waals surface area contributed by atoms with Crippen LogP contribution in [0.25, 0.3) is 0 Å². The first kappa shape index (κ1) is 30.2. The van der Waals surface area contributed by atoms with Crippen LogP contribution in [-0.4, -0.2) is 78.5 Å². The van der Waals surface area contributed by atoms with Gasteiger partial charge in [-0.05, 0) is 32.1 Å². The molecule has 0 aliphatic heterocycles. The molecule has 0 rings (SSSR count). The van der Waals surface area contributed by atoms with Crippen LogP contribution in [0.4, 0.5) is 0 Å². The molecule has 0 aromatic carbocycles. The Morgan fingerprint density at radius 2 is 1.06 bits per heavy atom. The number of rotatable bonds is 17. The van der Waals surface area contributed by atoms with Gasteiger partial charge in [0, 0.05) is 6.42 Å². The Bertz CT molecular complexity index is 743. The van der Waals surface area contributed by atoms with Crippen molar-refractivity contribution in [1.29, 1.82) is 0 Å². The van der Waals surface area contributed by atoms with E-state index in [0.717, 1.165) is 0 Å². The summed E-state index contributed by atoms with van der Waals surface area (Å²) in [5.74, 6) is -2.13. The minimum Gasteiger partial charge on any atom is -0.480 e. The summed E-state index contributed by atoms with van der Waals surface area (Å²) < 4.78 is 0. The number of aliphatic carboxylic acids is 1. The Balaban J connectivity index is 5.10. The second-order valence-electron chi connectivity index (χ2n) is 7.73. The van der Waals surface area contributed by atoms with E-state index in [9.17, 15) is 19.5 Å². The Kier molecular flexibility index (Phi) is 14.9. The fraction of sp³-hybridized carbons (Fsp3) is 0.667. The molecule has 0 saturated carbocycles. The quantitative estimate of drug-likeness (QED) is 0.0518. The molecule has 0 fully saturated rings. The van der Waals surface area contributed by atoms with Gasteiger partial charge in [-0.25, -0.2) is 4.79 Å². The van der Waals surface area contributed by atoms with Gasteiger partial charge in [0.25, 0.3) is 5.91 Å². The normalized spacial score (nSPS) is 13.0. The predicted molar refractivity (Wildman–Crippen MR) is 124 cm³/mol. The van der Waals surface area contributed by atoms with Gasteiger partial charge in [0.1, 0.15) is 12.1 Å². The van der Waals surface area contributed by atoms with Crippen molar-refractivity contribution in [3.8, 4) is 0 Å². The van der Waals surface area contributed by atoms with Gasteiger partial charge in [-0.2, -0.15) is 0 Å². The number of nitrogens with one attached hydrogen (secondary N) is 5. The lowest BCUT2D eigenvalue weighted by Gasteiger charge is -2.22. The van der Waals surface area contributed by atoms with Crippen LogP contribution < -0.4 is 65.7 Å². The molecule has 0 aromatic heterocycles. The Morgan fingerprint density at radius 3 is 1.47 bits per heavy atom. The molecule has 0 saturated heterocycles.